The highest BCUT2D eigenvalue weighted by molar-refractivity contribution is 6.33. The van der Waals surface area contributed by atoms with E-state index < -0.39 is 17.8 Å². The van der Waals surface area contributed by atoms with Gasteiger partial charge in [-0.25, -0.2) is 4.79 Å². The number of urea groups is 1. The largest absolute Gasteiger partial charge is 0.416 e. The van der Waals surface area contributed by atoms with Gasteiger partial charge < -0.3 is 10.6 Å². The quantitative estimate of drug-likeness (QED) is 0.891. The number of nitrogens with zero attached hydrogens (tertiary/aromatic N) is 1. The van der Waals surface area contributed by atoms with Crippen molar-refractivity contribution >= 4 is 23.3 Å². The average Bonchev–Trinajstić information content (AvgIpc) is 2.47. The summed E-state index contributed by atoms with van der Waals surface area (Å²) in [5.41, 5.74) is -0.311. The number of hydrogen-bond donors (Lipinski definition) is 2. The summed E-state index contributed by atoms with van der Waals surface area (Å²) in [6.45, 7) is -0.139. The second-order valence-electron chi connectivity index (χ2n) is 4.32. The van der Waals surface area contributed by atoms with Crippen LogP contribution in [0.4, 0.5) is 23.7 Å². The standard InChI is InChI=1S/C14H11ClF3N3O/c15-11-3-1-2-4-12(11)21-13(22)20-8-10-7-9(5-6-19-10)14(16,17)18/h1-7H,8H2,(H2,20,21,22). The summed E-state index contributed by atoms with van der Waals surface area (Å²) in [6.07, 6.45) is -3.40. The monoisotopic (exact) mass is 329 g/mol. The van der Waals surface area contributed by atoms with Gasteiger partial charge in [0.2, 0.25) is 0 Å². The van der Waals surface area contributed by atoms with Crippen molar-refractivity contribution in [2.45, 2.75) is 12.7 Å². The van der Waals surface area contributed by atoms with E-state index in [2.05, 4.69) is 15.6 Å². The molecule has 2 rings (SSSR count). The van der Waals surface area contributed by atoms with Crippen LogP contribution in [0, 0.1) is 0 Å². The fourth-order valence-corrected chi connectivity index (χ4v) is 1.83. The van der Waals surface area contributed by atoms with E-state index >= 15 is 0 Å². The Morgan fingerprint density at radius 1 is 1.23 bits per heavy atom. The van der Waals surface area contributed by atoms with Crippen LogP contribution in [-0.4, -0.2) is 11.0 Å². The fourth-order valence-electron chi connectivity index (χ4n) is 1.65. The lowest BCUT2D eigenvalue weighted by Crippen LogP contribution is -2.28. The Morgan fingerprint density at radius 3 is 2.64 bits per heavy atom. The first-order chi connectivity index (χ1) is 10.4. The molecule has 22 heavy (non-hydrogen) atoms. The molecule has 0 spiro atoms. The number of halogens is 4. The van der Waals surface area contributed by atoms with Crippen LogP contribution in [0.25, 0.3) is 0 Å². The molecule has 2 N–H and O–H groups in total. The Labute approximate surface area is 129 Å². The Hall–Kier alpha value is -2.28. The summed E-state index contributed by atoms with van der Waals surface area (Å²) >= 11 is 5.88. The van der Waals surface area contributed by atoms with Crippen LogP contribution in [0.5, 0.6) is 0 Å². The van der Waals surface area contributed by atoms with Crippen LogP contribution < -0.4 is 10.6 Å². The van der Waals surface area contributed by atoms with E-state index in [1.807, 2.05) is 0 Å². The minimum Gasteiger partial charge on any atom is -0.332 e. The van der Waals surface area contributed by atoms with Crippen molar-refractivity contribution in [1.82, 2.24) is 10.3 Å². The number of rotatable bonds is 3. The molecule has 0 saturated heterocycles. The maximum atomic E-state index is 12.6. The van der Waals surface area contributed by atoms with Crippen LogP contribution in [0.3, 0.4) is 0 Å². The lowest BCUT2D eigenvalue weighted by atomic mass is 10.2. The molecule has 0 radical (unpaired) electrons. The number of carbonyl (C=O) groups is 1. The zero-order valence-electron chi connectivity index (χ0n) is 11.1. The normalized spacial score (nSPS) is 11.1. The van der Waals surface area contributed by atoms with Crippen molar-refractivity contribution in [3.8, 4) is 0 Å². The molecule has 0 atom stereocenters. The molecule has 0 aliphatic rings. The molecule has 0 aliphatic carbocycles. The molecule has 1 aromatic carbocycles. The zero-order chi connectivity index (χ0) is 16.2. The Morgan fingerprint density at radius 2 is 1.95 bits per heavy atom. The Balaban J connectivity index is 1.96. The predicted octanol–water partition coefficient (Wildman–Crippen LogP) is 4.08. The van der Waals surface area contributed by atoms with Crippen LogP contribution in [-0.2, 0) is 12.7 Å². The molecule has 2 aromatic rings. The first kappa shape index (κ1) is 16.1. The summed E-state index contributed by atoms with van der Waals surface area (Å²) in [4.78, 5) is 15.5. The molecule has 2 amide bonds. The molecule has 4 nitrogen and oxygen atoms in total. The van der Waals surface area contributed by atoms with Crippen LogP contribution in [0.1, 0.15) is 11.3 Å². The molecular weight excluding hydrogens is 319 g/mol. The molecule has 116 valence electrons. The Kier molecular flexibility index (Phi) is 4.87. The van der Waals surface area contributed by atoms with Gasteiger partial charge in [0.15, 0.2) is 0 Å². The highest BCUT2D eigenvalue weighted by Crippen LogP contribution is 2.29. The maximum Gasteiger partial charge on any atom is 0.416 e. The molecule has 0 unspecified atom stereocenters. The smallest absolute Gasteiger partial charge is 0.332 e. The highest BCUT2D eigenvalue weighted by atomic mass is 35.5. The summed E-state index contributed by atoms with van der Waals surface area (Å²) in [5, 5.41) is 5.26. The van der Waals surface area contributed by atoms with Crippen molar-refractivity contribution in [3.63, 3.8) is 0 Å². The van der Waals surface area contributed by atoms with E-state index in [4.69, 9.17) is 11.6 Å². The number of nitrogens with one attached hydrogen (secondary N) is 2. The summed E-state index contributed by atoms with van der Waals surface area (Å²) in [5.74, 6) is 0. The van der Waals surface area contributed by atoms with Crippen molar-refractivity contribution in [2.24, 2.45) is 0 Å². The van der Waals surface area contributed by atoms with E-state index in [1.165, 1.54) is 0 Å². The van der Waals surface area contributed by atoms with Gasteiger partial charge in [-0.1, -0.05) is 23.7 Å². The number of aromatic nitrogens is 1. The van der Waals surface area contributed by atoms with Gasteiger partial charge in [-0.05, 0) is 24.3 Å². The number of para-hydroxylation sites is 1. The number of amides is 2. The SMILES string of the molecule is O=C(NCc1cc(C(F)(F)F)ccn1)Nc1ccccc1Cl. The highest BCUT2D eigenvalue weighted by Gasteiger charge is 2.30. The predicted molar refractivity (Wildman–Crippen MR) is 76.5 cm³/mol. The molecule has 0 fully saturated rings. The molecule has 0 bridgehead atoms. The third-order valence-corrected chi connectivity index (χ3v) is 3.03. The van der Waals surface area contributed by atoms with Gasteiger partial charge in [-0.15, -0.1) is 0 Å². The van der Waals surface area contributed by atoms with Crippen molar-refractivity contribution < 1.29 is 18.0 Å². The average molecular weight is 330 g/mol. The van der Waals surface area contributed by atoms with E-state index in [9.17, 15) is 18.0 Å². The lowest BCUT2D eigenvalue weighted by molar-refractivity contribution is -0.137. The number of hydrogen-bond acceptors (Lipinski definition) is 2. The van der Waals surface area contributed by atoms with Crippen molar-refractivity contribution in [1.29, 1.82) is 0 Å². The first-order valence-electron chi connectivity index (χ1n) is 6.18. The molecule has 0 aliphatic heterocycles. The van der Waals surface area contributed by atoms with Gasteiger partial charge in [-0.2, -0.15) is 13.2 Å². The van der Waals surface area contributed by atoms with E-state index in [0.29, 0.717) is 10.7 Å². The molecule has 1 heterocycles. The maximum absolute atomic E-state index is 12.6. The van der Waals surface area contributed by atoms with Gasteiger partial charge >= 0.3 is 12.2 Å². The second kappa shape index (κ2) is 6.65. The summed E-state index contributed by atoms with van der Waals surface area (Å²) in [7, 11) is 0. The van der Waals surface area contributed by atoms with Gasteiger partial charge in [0.1, 0.15) is 0 Å². The fraction of sp³-hybridized carbons (Fsp3) is 0.143. The number of alkyl halides is 3. The Bertz CT molecular complexity index is 676. The van der Waals surface area contributed by atoms with Crippen molar-refractivity contribution in [3.05, 3.63) is 58.9 Å². The van der Waals surface area contributed by atoms with Gasteiger partial charge in [0, 0.05) is 6.20 Å². The number of anilines is 1. The minimum atomic E-state index is -4.45. The lowest BCUT2D eigenvalue weighted by Gasteiger charge is -2.10. The minimum absolute atomic E-state index is 0.101. The van der Waals surface area contributed by atoms with Gasteiger partial charge in [-0.3, -0.25) is 4.98 Å². The first-order valence-corrected chi connectivity index (χ1v) is 6.55. The third-order valence-electron chi connectivity index (χ3n) is 2.70. The number of pyridine rings is 1. The molecule has 0 saturated carbocycles. The molecule has 1 aromatic heterocycles. The number of carbonyl (C=O) groups excluding carboxylic acids is 1. The second-order valence-corrected chi connectivity index (χ2v) is 4.73. The number of benzene rings is 1. The summed E-state index contributed by atoms with van der Waals surface area (Å²) in [6, 6.07) is 7.76. The molecular formula is C14H11ClF3N3O. The topological polar surface area (TPSA) is 54.0 Å². The van der Waals surface area contributed by atoms with E-state index in [1.54, 1.807) is 24.3 Å². The zero-order valence-corrected chi connectivity index (χ0v) is 11.9. The third kappa shape index (κ3) is 4.36. The van der Waals surface area contributed by atoms with Gasteiger partial charge in [0.05, 0.1) is 28.5 Å². The van der Waals surface area contributed by atoms with Gasteiger partial charge in [0.25, 0.3) is 0 Å². The molecule has 8 heteroatoms. The van der Waals surface area contributed by atoms with Crippen molar-refractivity contribution in [2.75, 3.05) is 5.32 Å². The van der Waals surface area contributed by atoms with Crippen LogP contribution in [0.15, 0.2) is 42.6 Å². The van der Waals surface area contributed by atoms with E-state index in [0.717, 1.165) is 18.3 Å². The van der Waals surface area contributed by atoms with Crippen LogP contribution >= 0.6 is 11.6 Å². The summed E-state index contributed by atoms with van der Waals surface area (Å²) < 4.78 is 37.7. The van der Waals surface area contributed by atoms with E-state index in [-0.39, 0.29) is 12.2 Å². The van der Waals surface area contributed by atoms with Crippen LogP contribution in [0.2, 0.25) is 5.02 Å².